The van der Waals surface area contributed by atoms with E-state index in [1.165, 1.54) is 75.2 Å². The quantitative estimate of drug-likeness (QED) is 0.176. The number of oxazole rings is 1. The lowest BCUT2D eigenvalue weighted by Gasteiger charge is -2.10. The Morgan fingerprint density at radius 2 is 1.05 bits per heavy atom. The molecule has 12 aromatic rings. The summed E-state index contributed by atoms with van der Waals surface area (Å²) >= 11 is 1.80. The number of nitrogens with zero attached hydrogens (tertiary/aromatic N) is 2. The van der Waals surface area contributed by atoms with Crippen LogP contribution in [0.25, 0.3) is 114 Å². The molecule has 0 aliphatic rings. The zero-order chi connectivity index (χ0) is 37.5. The molecule has 0 bridgehead atoms. The molecule has 0 spiro atoms. The highest BCUT2D eigenvalue weighted by Crippen LogP contribution is 2.43. The summed E-state index contributed by atoms with van der Waals surface area (Å²) in [7, 11) is 0. The molecular formula is C53H32N2OS. The molecule has 3 nitrogen and oxygen atoms in total. The predicted octanol–water partition coefficient (Wildman–Crippen LogP) is 15.1. The van der Waals surface area contributed by atoms with Crippen molar-refractivity contribution in [3.05, 3.63) is 194 Å². The van der Waals surface area contributed by atoms with Gasteiger partial charge >= 0.3 is 0 Å². The Bertz CT molecular complexity index is 3480. The minimum Gasteiger partial charge on any atom is -0.435 e. The van der Waals surface area contributed by atoms with Gasteiger partial charge in [0.15, 0.2) is 5.58 Å². The van der Waals surface area contributed by atoms with Gasteiger partial charge in [0.25, 0.3) is 0 Å². The van der Waals surface area contributed by atoms with Crippen molar-refractivity contribution < 1.29 is 4.42 Å². The maximum absolute atomic E-state index is 6.67. The van der Waals surface area contributed by atoms with Crippen molar-refractivity contribution in [2.45, 2.75) is 0 Å². The highest BCUT2D eigenvalue weighted by molar-refractivity contribution is 7.26. The fourth-order valence-electron chi connectivity index (χ4n) is 8.68. The SMILES string of the molecule is c1ccc(-c2ccc(-n3c4cc5ccccc5cc4c4c(-c5ccc(-c6nc7ccc8sc9ccc(-c%10ccccc%10)cc9c8c7o6)cc5)cccc43)cc2)cc1. The van der Waals surface area contributed by atoms with Gasteiger partial charge in [-0.15, -0.1) is 11.3 Å². The summed E-state index contributed by atoms with van der Waals surface area (Å²) in [6.45, 7) is 0. The molecule has 9 aromatic carbocycles. The zero-order valence-electron chi connectivity index (χ0n) is 30.7. The first-order valence-corrected chi connectivity index (χ1v) is 20.1. The number of hydrogen-bond donors (Lipinski definition) is 0. The second kappa shape index (κ2) is 12.6. The first-order valence-electron chi connectivity index (χ1n) is 19.3. The molecule has 0 saturated heterocycles. The average Bonchev–Trinajstić information content (AvgIpc) is 3.98. The van der Waals surface area contributed by atoms with E-state index in [0.717, 1.165) is 33.3 Å². The third kappa shape index (κ3) is 5.15. The van der Waals surface area contributed by atoms with Crippen LogP contribution in [0.3, 0.4) is 0 Å². The first kappa shape index (κ1) is 32.0. The van der Waals surface area contributed by atoms with Gasteiger partial charge in [-0.2, -0.15) is 0 Å². The summed E-state index contributed by atoms with van der Waals surface area (Å²) in [5, 5.41) is 7.26. The van der Waals surface area contributed by atoms with Crippen LogP contribution >= 0.6 is 11.3 Å². The Morgan fingerprint density at radius 1 is 0.421 bits per heavy atom. The van der Waals surface area contributed by atoms with Gasteiger partial charge in [-0.25, -0.2) is 4.98 Å². The molecule has 0 fully saturated rings. The van der Waals surface area contributed by atoms with E-state index < -0.39 is 0 Å². The molecule has 0 saturated carbocycles. The summed E-state index contributed by atoms with van der Waals surface area (Å²) in [4.78, 5) is 5.02. The molecule has 266 valence electrons. The van der Waals surface area contributed by atoms with Crippen LogP contribution in [-0.2, 0) is 0 Å². The van der Waals surface area contributed by atoms with Crippen LogP contribution in [0.2, 0.25) is 0 Å². The van der Waals surface area contributed by atoms with E-state index in [-0.39, 0.29) is 0 Å². The number of fused-ring (bicyclic) bond motifs is 9. The van der Waals surface area contributed by atoms with Crippen molar-refractivity contribution in [2.75, 3.05) is 0 Å². The monoisotopic (exact) mass is 744 g/mol. The van der Waals surface area contributed by atoms with Gasteiger partial charge in [0.05, 0.1) is 11.0 Å². The number of benzene rings is 9. The van der Waals surface area contributed by atoms with E-state index in [2.05, 4.69) is 199 Å². The summed E-state index contributed by atoms with van der Waals surface area (Å²) in [5.41, 5.74) is 13.3. The van der Waals surface area contributed by atoms with E-state index in [1.807, 2.05) is 0 Å². The molecule has 4 heteroatoms. The van der Waals surface area contributed by atoms with Gasteiger partial charge in [-0.05, 0) is 111 Å². The Balaban J connectivity index is 0.977. The lowest BCUT2D eigenvalue weighted by Crippen LogP contribution is -1.94. The third-order valence-corrected chi connectivity index (χ3v) is 12.6. The van der Waals surface area contributed by atoms with Crippen LogP contribution in [0.1, 0.15) is 0 Å². The average molecular weight is 745 g/mol. The Labute approximate surface area is 332 Å². The Morgan fingerprint density at radius 3 is 1.82 bits per heavy atom. The van der Waals surface area contributed by atoms with Crippen molar-refractivity contribution in [1.29, 1.82) is 0 Å². The highest BCUT2D eigenvalue weighted by Gasteiger charge is 2.19. The van der Waals surface area contributed by atoms with Gasteiger partial charge in [0.2, 0.25) is 5.89 Å². The normalized spacial score (nSPS) is 11.9. The maximum Gasteiger partial charge on any atom is 0.227 e. The van der Waals surface area contributed by atoms with Gasteiger partial charge in [-0.3, -0.25) is 0 Å². The first-order chi connectivity index (χ1) is 28.2. The van der Waals surface area contributed by atoms with Crippen LogP contribution in [-0.4, -0.2) is 9.55 Å². The fraction of sp³-hybridized carbons (Fsp3) is 0. The van der Waals surface area contributed by atoms with Crippen LogP contribution in [0.4, 0.5) is 0 Å². The standard InChI is InChI=1S/C53H32N2OS/c1-3-10-33(11-4-1)35-22-25-41(26-23-35)55-46-17-9-16-42(50(46)43-30-38-14-7-8-15-39(38)32-47(43)55)36-18-20-37(21-19-36)53-54-45-27-29-49-51(52(45)56-53)44-31-40(24-28-48(44)57-49)34-12-5-2-6-13-34/h1-32H. The maximum atomic E-state index is 6.67. The molecule has 0 N–H and O–H groups in total. The van der Waals surface area contributed by atoms with Crippen LogP contribution < -0.4 is 0 Å². The molecule has 0 unspecified atom stereocenters. The second-order valence-corrected chi connectivity index (χ2v) is 15.8. The topological polar surface area (TPSA) is 31.0 Å². The van der Waals surface area contributed by atoms with Crippen LogP contribution in [0.15, 0.2) is 199 Å². The predicted molar refractivity (Wildman–Crippen MR) is 240 cm³/mol. The molecule has 3 heterocycles. The third-order valence-electron chi connectivity index (χ3n) is 11.4. The smallest absolute Gasteiger partial charge is 0.227 e. The number of rotatable bonds is 5. The van der Waals surface area contributed by atoms with E-state index in [9.17, 15) is 0 Å². The van der Waals surface area contributed by atoms with E-state index >= 15 is 0 Å². The van der Waals surface area contributed by atoms with Crippen molar-refractivity contribution >= 4 is 75.2 Å². The van der Waals surface area contributed by atoms with Crippen LogP contribution in [0, 0.1) is 0 Å². The number of aromatic nitrogens is 2. The summed E-state index contributed by atoms with van der Waals surface area (Å²) < 4.78 is 11.5. The Hall–Kier alpha value is -7.27. The minimum absolute atomic E-state index is 0.628. The molecule has 0 aliphatic carbocycles. The van der Waals surface area contributed by atoms with E-state index in [1.54, 1.807) is 11.3 Å². The molecule has 3 aromatic heterocycles. The number of thiophene rings is 1. The molecule has 57 heavy (non-hydrogen) atoms. The molecular weight excluding hydrogens is 713 g/mol. The summed E-state index contributed by atoms with van der Waals surface area (Å²) in [5.74, 6) is 0.628. The van der Waals surface area contributed by atoms with E-state index in [4.69, 9.17) is 9.40 Å². The molecule has 0 radical (unpaired) electrons. The van der Waals surface area contributed by atoms with Crippen molar-refractivity contribution in [2.24, 2.45) is 0 Å². The highest BCUT2D eigenvalue weighted by atomic mass is 32.1. The molecule has 0 amide bonds. The number of hydrogen-bond acceptors (Lipinski definition) is 3. The lowest BCUT2D eigenvalue weighted by atomic mass is 9.97. The van der Waals surface area contributed by atoms with Gasteiger partial charge in [-0.1, -0.05) is 127 Å². The summed E-state index contributed by atoms with van der Waals surface area (Å²) in [6, 6.07) is 69.8. The van der Waals surface area contributed by atoms with Gasteiger partial charge in [0.1, 0.15) is 5.52 Å². The van der Waals surface area contributed by atoms with Crippen molar-refractivity contribution in [3.63, 3.8) is 0 Å². The molecule has 0 aliphatic heterocycles. The second-order valence-electron chi connectivity index (χ2n) is 14.7. The Kier molecular flexibility index (Phi) is 7.10. The van der Waals surface area contributed by atoms with Crippen molar-refractivity contribution in [1.82, 2.24) is 9.55 Å². The fourth-order valence-corrected chi connectivity index (χ4v) is 9.76. The minimum atomic E-state index is 0.628. The van der Waals surface area contributed by atoms with Crippen LogP contribution in [0.5, 0.6) is 0 Å². The largest absolute Gasteiger partial charge is 0.435 e. The summed E-state index contributed by atoms with van der Waals surface area (Å²) in [6.07, 6.45) is 0. The van der Waals surface area contributed by atoms with Gasteiger partial charge in [0, 0.05) is 42.2 Å². The molecule has 12 rings (SSSR count). The lowest BCUT2D eigenvalue weighted by molar-refractivity contribution is 0.623. The zero-order valence-corrected chi connectivity index (χ0v) is 31.5. The van der Waals surface area contributed by atoms with E-state index in [0.29, 0.717) is 5.89 Å². The van der Waals surface area contributed by atoms with Gasteiger partial charge < -0.3 is 8.98 Å². The van der Waals surface area contributed by atoms with Crippen molar-refractivity contribution in [3.8, 4) is 50.5 Å². The molecule has 0 atom stereocenters.